The number of hydrogen-bond donors (Lipinski definition) is 3. The fourth-order valence-corrected chi connectivity index (χ4v) is 1.33. The van der Waals surface area contributed by atoms with E-state index in [9.17, 15) is 0 Å². The van der Waals surface area contributed by atoms with Gasteiger partial charge in [0.15, 0.2) is 0 Å². The van der Waals surface area contributed by atoms with Crippen LogP contribution in [0.15, 0.2) is 23.5 Å². The third-order valence-corrected chi connectivity index (χ3v) is 1.75. The monoisotopic (exact) mass is 164 g/mol. The van der Waals surface area contributed by atoms with E-state index in [1.807, 2.05) is 6.07 Å². The van der Waals surface area contributed by atoms with Crippen LogP contribution in [0.2, 0.25) is 0 Å². The first-order valence-electron chi connectivity index (χ1n) is 3.66. The second kappa shape index (κ2) is 2.88. The Morgan fingerprint density at radius 3 is 2.75 bits per heavy atom. The first-order valence-corrected chi connectivity index (χ1v) is 3.66. The molecule has 0 heterocycles. The van der Waals surface area contributed by atoms with Crippen molar-refractivity contribution in [1.82, 2.24) is 0 Å². The molecule has 1 unspecified atom stereocenters. The van der Waals surface area contributed by atoms with Gasteiger partial charge in [0.2, 0.25) is 0 Å². The van der Waals surface area contributed by atoms with Crippen molar-refractivity contribution in [3.8, 4) is 6.07 Å². The predicted octanol–water partition coefficient (Wildman–Crippen LogP) is -0.314. The van der Waals surface area contributed by atoms with Crippen molar-refractivity contribution in [2.75, 3.05) is 0 Å². The summed E-state index contributed by atoms with van der Waals surface area (Å²) in [5, 5.41) is 8.50. The van der Waals surface area contributed by atoms with Crippen LogP contribution in [0.4, 0.5) is 0 Å². The van der Waals surface area contributed by atoms with E-state index < -0.39 is 5.54 Å². The Labute approximate surface area is 71.3 Å². The van der Waals surface area contributed by atoms with Crippen LogP contribution < -0.4 is 17.2 Å². The molecule has 0 spiro atoms. The molecule has 0 aromatic heterocycles. The van der Waals surface area contributed by atoms with Gasteiger partial charge < -0.3 is 17.2 Å². The molecule has 0 bridgehead atoms. The van der Waals surface area contributed by atoms with Gasteiger partial charge >= 0.3 is 0 Å². The van der Waals surface area contributed by atoms with E-state index in [4.69, 9.17) is 22.5 Å². The van der Waals surface area contributed by atoms with Gasteiger partial charge in [0.1, 0.15) is 0 Å². The van der Waals surface area contributed by atoms with Crippen LogP contribution in [0, 0.1) is 11.3 Å². The summed E-state index contributed by atoms with van der Waals surface area (Å²) < 4.78 is 0. The molecular weight excluding hydrogens is 152 g/mol. The summed E-state index contributed by atoms with van der Waals surface area (Å²) in [6.45, 7) is 0. The lowest BCUT2D eigenvalue weighted by molar-refractivity contribution is 0.522. The molecule has 0 aliphatic heterocycles. The maximum absolute atomic E-state index is 8.50. The molecule has 0 saturated heterocycles. The van der Waals surface area contributed by atoms with Crippen LogP contribution in [0.3, 0.4) is 0 Å². The maximum atomic E-state index is 8.50. The molecule has 64 valence electrons. The first kappa shape index (κ1) is 8.62. The molecule has 1 rings (SSSR count). The van der Waals surface area contributed by atoms with Gasteiger partial charge in [-0.2, -0.15) is 5.26 Å². The Balaban J connectivity index is 2.86. The topological polar surface area (TPSA) is 102 Å². The molecule has 4 heteroatoms. The van der Waals surface area contributed by atoms with Crippen LogP contribution in [0.1, 0.15) is 12.8 Å². The summed E-state index contributed by atoms with van der Waals surface area (Å²) in [6, 6.07) is 2.01. The first-order chi connectivity index (χ1) is 5.56. The minimum absolute atomic E-state index is 0.238. The van der Waals surface area contributed by atoms with Gasteiger partial charge in [0, 0.05) is 17.8 Å². The average molecular weight is 164 g/mol. The van der Waals surface area contributed by atoms with Crippen molar-refractivity contribution in [1.29, 1.82) is 5.26 Å². The Morgan fingerprint density at radius 1 is 1.58 bits per heavy atom. The normalized spacial score (nSPS) is 28.7. The van der Waals surface area contributed by atoms with Gasteiger partial charge in [-0.05, 0) is 12.2 Å². The summed E-state index contributed by atoms with van der Waals surface area (Å²) in [5.74, 6) is 0. The summed E-state index contributed by atoms with van der Waals surface area (Å²) in [6.07, 6.45) is 4.10. The third-order valence-electron chi connectivity index (χ3n) is 1.75. The van der Waals surface area contributed by atoms with Crippen molar-refractivity contribution in [3.63, 3.8) is 0 Å². The Morgan fingerprint density at radius 2 is 2.25 bits per heavy atom. The highest BCUT2D eigenvalue weighted by atomic mass is 14.8. The van der Waals surface area contributed by atoms with Crippen molar-refractivity contribution in [2.45, 2.75) is 18.4 Å². The Bertz CT molecular complexity index is 284. The van der Waals surface area contributed by atoms with E-state index in [0.29, 0.717) is 17.8 Å². The fraction of sp³-hybridized carbons (Fsp3) is 0.375. The second-order valence-electron chi connectivity index (χ2n) is 3.11. The molecule has 0 aromatic rings. The summed E-state index contributed by atoms with van der Waals surface area (Å²) in [5.41, 5.74) is 17.5. The quantitative estimate of drug-likeness (QED) is 0.494. The molecule has 1 aliphatic rings. The van der Waals surface area contributed by atoms with Gasteiger partial charge in [0.05, 0.1) is 18.0 Å². The zero-order chi connectivity index (χ0) is 9.19. The number of nitrogens with zero attached hydrogens (tertiary/aromatic N) is 1. The molecular formula is C8H12N4. The number of rotatable bonds is 1. The highest BCUT2D eigenvalue weighted by molar-refractivity contribution is 5.32. The minimum Gasteiger partial charge on any atom is -0.402 e. The van der Waals surface area contributed by atoms with Crippen LogP contribution in [0.25, 0.3) is 0 Å². The van der Waals surface area contributed by atoms with E-state index in [0.717, 1.165) is 0 Å². The fourth-order valence-electron chi connectivity index (χ4n) is 1.33. The lowest BCUT2D eigenvalue weighted by Gasteiger charge is -2.26. The van der Waals surface area contributed by atoms with Gasteiger partial charge in [0.25, 0.3) is 0 Å². The smallest absolute Gasteiger partial charge is 0.0644 e. The number of hydrogen-bond acceptors (Lipinski definition) is 4. The average Bonchev–Trinajstić information content (AvgIpc) is 1.82. The summed E-state index contributed by atoms with van der Waals surface area (Å²) in [4.78, 5) is 0. The number of allylic oxidation sites excluding steroid dienone is 1. The van der Waals surface area contributed by atoms with E-state index in [1.165, 1.54) is 0 Å². The van der Waals surface area contributed by atoms with E-state index in [1.54, 1.807) is 12.2 Å². The second-order valence-corrected chi connectivity index (χ2v) is 3.11. The molecule has 4 nitrogen and oxygen atoms in total. The van der Waals surface area contributed by atoms with Gasteiger partial charge in [-0.15, -0.1) is 0 Å². The van der Waals surface area contributed by atoms with Crippen molar-refractivity contribution < 1.29 is 0 Å². The van der Waals surface area contributed by atoms with Crippen molar-refractivity contribution in [3.05, 3.63) is 23.5 Å². The molecule has 1 atom stereocenters. The summed E-state index contributed by atoms with van der Waals surface area (Å²) >= 11 is 0. The predicted molar refractivity (Wildman–Crippen MR) is 46.3 cm³/mol. The number of nitriles is 1. The number of nitrogens with two attached hydrogens (primary N) is 3. The maximum Gasteiger partial charge on any atom is 0.0644 e. The van der Waals surface area contributed by atoms with Gasteiger partial charge in [-0.1, -0.05) is 0 Å². The van der Waals surface area contributed by atoms with Crippen LogP contribution in [-0.2, 0) is 0 Å². The highest BCUT2D eigenvalue weighted by Crippen LogP contribution is 2.22. The SMILES string of the molecule is N#CCC1(N)C=C(N)C=C(N)C1. The van der Waals surface area contributed by atoms with E-state index in [2.05, 4.69) is 0 Å². The van der Waals surface area contributed by atoms with Crippen molar-refractivity contribution >= 4 is 0 Å². The van der Waals surface area contributed by atoms with E-state index >= 15 is 0 Å². The highest BCUT2D eigenvalue weighted by Gasteiger charge is 2.25. The Hall–Kier alpha value is -1.47. The molecule has 12 heavy (non-hydrogen) atoms. The molecule has 0 fully saturated rings. The van der Waals surface area contributed by atoms with E-state index in [-0.39, 0.29) is 6.42 Å². The third kappa shape index (κ3) is 1.77. The van der Waals surface area contributed by atoms with Gasteiger partial charge in [-0.25, -0.2) is 0 Å². The molecule has 0 radical (unpaired) electrons. The molecule has 1 aliphatic carbocycles. The lowest BCUT2D eigenvalue weighted by atomic mass is 9.87. The lowest BCUT2D eigenvalue weighted by Crippen LogP contribution is -2.41. The summed E-state index contributed by atoms with van der Waals surface area (Å²) in [7, 11) is 0. The van der Waals surface area contributed by atoms with Crippen LogP contribution in [0.5, 0.6) is 0 Å². The molecule has 6 N–H and O–H groups in total. The zero-order valence-electron chi connectivity index (χ0n) is 6.75. The van der Waals surface area contributed by atoms with Crippen LogP contribution >= 0.6 is 0 Å². The zero-order valence-corrected chi connectivity index (χ0v) is 6.75. The molecule has 0 aromatic carbocycles. The van der Waals surface area contributed by atoms with Crippen molar-refractivity contribution in [2.24, 2.45) is 17.2 Å². The molecule has 0 amide bonds. The largest absolute Gasteiger partial charge is 0.402 e. The van der Waals surface area contributed by atoms with Crippen LogP contribution in [-0.4, -0.2) is 5.54 Å². The standard InChI is InChI=1S/C8H12N4/c9-2-1-8(12)4-6(10)3-7(11)5-8/h3-4H,1,5,10-12H2. The molecule has 0 saturated carbocycles. The Kier molecular flexibility index (Phi) is 2.07. The minimum atomic E-state index is -0.669. The van der Waals surface area contributed by atoms with Gasteiger partial charge in [-0.3, -0.25) is 0 Å².